The van der Waals surface area contributed by atoms with E-state index in [1.807, 2.05) is 18.2 Å². The van der Waals surface area contributed by atoms with Gasteiger partial charge in [0.2, 0.25) is 0 Å². The highest BCUT2D eigenvalue weighted by atomic mass is 16.2. The third-order valence-electron chi connectivity index (χ3n) is 8.06. The van der Waals surface area contributed by atoms with Crippen LogP contribution in [0.5, 0.6) is 0 Å². The summed E-state index contributed by atoms with van der Waals surface area (Å²) in [7, 11) is 2.19. The lowest BCUT2D eigenvalue weighted by Crippen LogP contribution is -2.54. The molecule has 2 aliphatic rings. The lowest BCUT2D eigenvalue weighted by Gasteiger charge is -2.45. The Bertz CT molecular complexity index is 1080. The van der Waals surface area contributed by atoms with Crippen molar-refractivity contribution in [2.24, 2.45) is 0 Å². The average molecular weight is 482 g/mol. The van der Waals surface area contributed by atoms with Crippen molar-refractivity contribution in [1.82, 2.24) is 14.7 Å². The van der Waals surface area contributed by atoms with Crippen LogP contribution < -0.4 is 0 Å². The van der Waals surface area contributed by atoms with E-state index in [4.69, 9.17) is 0 Å². The van der Waals surface area contributed by atoms with Gasteiger partial charge in [-0.15, -0.1) is 0 Å². The van der Waals surface area contributed by atoms with Crippen LogP contribution in [0.2, 0.25) is 0 Å². The number of nitrogens with zero attached hydrogens (tertiary/aromatic N) is 3. The zero-order valence-electron chi connectivity index (χ0n) is 21.6. The maximum atomic E-state index is 14.0. The van der Waals surface area contributed by atoms with Gasteiger partial charge in [0.15, 0.2) is 0 Å². The molecule has 0 bridgehead atoms. The number of amides is 1. The predicted molar refractivity (Wildman–Crippen MR) is 148 cm³/mol. The quantitative estimate of drug-likeness (QED) is 0.440. The molecule has 0 aromatic heterocycles. The van der Waals surface area contributed by atoms with E-state index < -0.39 is 0 Å². The van der Waals surface area contributed by atoms with E-state index in [-0.39, 0.29) is 5.91 Å². The maximum Gasteiger partial charge on any atom is 0.254 e. The Labute approximate surface area is 216 Å². The molecule has 3 aromatic rings. The van der Waals surface area contributed by atoms with Crippen LogP contribution in [0, 0.1) is 0 Å². The number of likely N-dealkylation sites (tertiary alicyclic amines) is 2. The van der Waals surface area contributed by atoms with E-state index in [0.717, 1.165) is 76.0 Å². The molecule has 3 aromatic carbocycles. The van der Waals surface area contributed by atoms with Crippen molar-refractivity contribution in [1.29, 1.82) is 0 Å². The van der Waals surface area contributed by atoms with Gasteiger partial charge in [-0.25, -0.2) is 0 Å². The Balaban J connectivity index is 1.27. The summed E-state index contributed by atoms with van der Waals surface area (Å²) in [4.78, 5) is 21.2. The van der Waals surface area contributed by atoms with E-state index in [2.05, 4.69) is 88.5 Å². The maximum absolute atomic E-state index is 14.0. The summed E-state index contributed by atoms with van der Waals surface area (Å²) in [5, 5.41) is 0. The number of carbonyl (C=O) groups is 1. The van der Waals surface area contributed by atoms with Gasteiger partial charge in [-0.05, 0) is 81.1 Å². The van der Waals surface area contributed by atoms with Crippen molar-refractivity contribution in [2.75, 3.05) is 39.8 Å². The molecule has 2 heterocycles. The van der Waals surface area contributed by atoms with Gasteiger partial charge in [0, 0.05) is 37.3 Å². The highest BCUT2D eigenvalue weighted by molar-refractivity contribution is 5.95. The third kappa shape index (κ3) is 6.05. The minimum Gasteiger partial charge on any atom is -0.332 e. The second-order valence-electron chi connectivity index (χ2n) is 10.5. The lowest BCUT2D eigenvalue weighted by molar-refractivity contribution is 0.0320. The number of hydrogen-bond donors (Lipinski definition) is 0. The summed E-state index contributed by atoms with van der Waals surface area (Å²) in [5.41, 5.74) is 4.57. The van der Waals surface area contributed by atoms with Crippen LogP contribution in [0.1, 0.15) is 41.6 Å². The van der Waals surface area contributed by atoms with Crippen LogP contribution >= 0.6 is 0 Å². The molecule has 0 unspecified atom stereocenters. The van der Waals surface area contributed by atoms with Gasteiger partial charge in [0.05, 0.1) is 0 Å². The molecule has 4 heteroatoms. The molecule has 0 saturated carbocycles. The number of piperidine rings is 2. The van der Waals surface area contributed by atoms with E-state index in [9.17, 15) is 4.79 Å². The summed E-state index contributed by atoms with van der Waals surface area (Å²) in [6.45, 7) is 5.37. The van der Waals surface area contributed by atoms with Gasteiger partial charge in [-0.2, -0.15) is 0 Å². The molecule has 188 valence electrons. The first-order chi connectivity index (χ1) is 17.7. The molecular weight excluding hydrogens is 442 g/mol. The second kappa shape index (κ2) is 11.9. The molecule has 0 N–H and O–H groups in total. The summed E-state index contributed by atoms with van der Waals surface area (Å²) in [6, 6.07) is 30.1. The number of carbonyl (C=O) groups excluding carboxylic acids is 1. The van der Waals surface area contributed by atoms with E-state index >= 15 is 0 Å². The van der Waals surface area contributed by atoms with Crippen molar-refractivity contribution in [2.45, 2.75) is 44.2 Å². The number of benzene rings is 3. The molecule has 2 fully saturated rings. The van der Waals surface area contributed by atoms with Gasteiger partial charge in [0.1, 0.15) is 0 Å². The van der Waals surface area contributed by atoms with Crippen LogP contribution in [0.3, 0.4) is 0 Å². The molecule has 0 atom stereocenters. The molecular formula is C32H39N3O. The van der Waals surface area contributed by atoms with Crippen LogP contribution in [-0.4, -0.2) is 72.5 Å². The van der Waals surface area contributed by atoms with Crippen molar-refractivity contribution < 1.29 is 4.79 Å². The Morgan fingerprint density at radius 1 is 0.722 bits per heavy atom. The Hall–Kier alpha value is -2.95. The van der Waals surface area contributed by atoms with Gasteiger partial charge >= 0.3 is 0 Å². The molecule has 4 nitrogen and oxygen atoms in total. The Kier molecular flexibility index (Phi) is 8.15. The third-order valence-corrected chi connectivity index (χ3v) is 8.06. The van der Waals surface area contributed by atoms with Crippen molar-refractivity contribution >= 4 is 5.91 Å². The smallest absolute Gasteiger partial charge is 0.254 e. The van der Waals surface area contributed by atoms with E-state index in [0.29, 0.717) is 12.1 Å². The van der Waals surface area contributed by atoms with Crippen molar-refractivity contribution in [3.63, 3.8) is 0 Å². The molecule has 0 spiro atoms. The van der Waals surface area contributed by atoms with Crippen LogP contribution in [0.25, 0.3) is 11.1 Å². The first-order valence-electron chi connectivity index (χ1n) is 13.6. The largest absolute Gasteiger partial charge is 0.332 e. The normalized spacial score (nSPS) is 18.2. The zero-order valence-corrected chi connectivity index (χ0v) is 21.6. The van der Waals surface area contributed by atoms with Gasteiger partial charge < -0.3 is 14.7 Å². The highest BCUT2D eigenvalue weighted by Gasteiger charge is 2.35. The van der Waals surface area contributed by atoms with E-state index in [1.165, 1.54) is 11.1 Å². The van der Waals surface area contributed by atoms with E-state index in [1.54, 1.807) is 0 Å². The molecule has 0 aliphatic carbocycles. The van der Waals surface area contributed by atoms with Gasteiger partial charge in [-0.3, -0.25) is 4.79 Å². The molecule has 36 heavy (non-hydrogen) atoms. The summed E-state index contributed by atoms with van der Waals surface area (Å²) in [5.74, 6) is 0.215. The topological polar surface area (TPSA) is 26.8 Å². The van der Waals surface area contributed by atoms with Crippen molar-refractivity contribution in [3.8, 4) is 11.1 Å². The van der Waals surface area contributed by atoms with Crippen LogP contribution in [0.15, 0.2) is 84.9 Å². The van der Waals surface area contributed by atoms with Crippen molar-refractivity contribution in [3.05, 3.63) is 96.1 Å². The fourth-order valence-electron chi connectivity index (χ4n) is 5.84. The average Bonchev–Trinajstić information content (AvgIpc) is 2.95. The fourth-order valence-corrected chi connectivity index (χ4v) is 5.84. The first kappa shape index (κ1) is 24.7. The standard InChI is InChI=1S/C32H39N3O/c1-33-21-17-30(18-22-33)35(31-19-24-34(25-20-31)23-16-26-8-4-2-5-9-26)32(36)29-14-12-28(13-15-29)27-10-6-3-7-11-27/h2-15,30-31H,16-25H2,1H3. The van der Waals surface area contributed by atoms with Gasteiger partial charge in [0.25, 0.3) is 5.91 Å². The molecule has 2 aliphatic heterocycles. The highest BCUT2D eigenvalue weighted by Crippen LogP contribution is 2.27. The van der Waals surface area contributed by atoms with Crippen LogP contribution in [-0.2, 0) is 6.42 Å². The monoisotopic (exact) mass is 481 g/mol. The lowest BCUT2D eigenvalue weighted by atomic mass is 9.94. The summed E-state index contributed by atoms with van der Waals surface area (Å²) < 4.78 is 0. The van der Waals surface area contributed by atoms with Gasteiger partial charge in [-0.1, -0.05) is 72.8 Å². The number of hydrogen-bond acceptors (Lipinski definition) is 3. The first-order valence-corrected chi connectivity index (χ1v) is 13.6. The predicted octanol–water partition coefficient (Wildman–Crippen LogP) is 5.60. The Morgan fingerprint density at radius 3 is 1.86 bits per heavy atom. The molecule has 2 saturated heterocycles. The summed E-state index contributed by atoms with van der Waals surface area (Å²) >= 11 is 0. The SMILES string of the molecule is CN1CCC(N(C(=O)c2ccc(-c3ccccc3)cc2)C2CCN(CCc3ccccc3)CC2)CC1. The summed E-state index contributed by atoms with van der Waals surface area (Å²) in [6.07, 6.45) is 5.36. The zero-order chi connectivity index (χ0) is 24.7. The number of rotatable bonds is 7. The molecule has 0 radical (unpaired) electrons. The molecule has 5 rings (SSSR count). The minimum atomic E-state index is 0.215. The fraction of sp³-hybridized carbons (Fsp3) is 0.406. The second-order valence-corrected chi connectivity index (χ2v) is 10.5. The molecule has 1 amide bonds. The van der Waals surface area contributed by atoms with Crippen LogP contribution in [0.4, 0.5) is 0 Å². The minimum absolute atomic E-state index is 0.215. The Morgan fingerprint density at radius 2 is 1.25 bits per heavy atom.